The van der Waals surface area contributed by atoms with E-state index in [0.717, 1.165) is 12.1 Å². The summed E-state index contributed by atoms with van der Waals surface area (Å²) in [5, 5.41) is 13.5. The summed E-state index contributed by atoms with van der Waals surface area (Å²) in [5.74, 6) is -0.516. The number of ether oxygens (including phenoxy) is 1. The number of nitro benzene ring substituents is 1. The first-order valence-corrected chi connectivity index (χ1v) is 8.85. The fourth-order valence-corrected chi connectivity index (χ4v) is 2.72. The molecule has 2 rings (SSSR count). The zero-order valence-electron chi connectivity index (χ0n) is 14.1. The van der Waals surface area contributed by atoms with Gasteiger partial charge in [-0.2, -0.15) is 13.2 Å². The second kappa shape index (κ2) is 8.76. The molecule has 144 valence electrons. The molecule has 0 bridgehead atoms. The van der Waals surface area contributed by atoms with Gasteiger partial charge >= 0.3 is 6.18 Å². The molecule has 27 heavy (non-hydrogen) atoms. The summed E-state index contributed by atoms with van der Waals surface area (Å²) in [5.41, 5.74) is -0.890. The summed E-state index contributed by atoms with van der Waals surface area (Å²) in [4.78, 5) is 23.0. The van der Waals surface area contributed by atoms with Crippen LogP contribution in [0.3, 0.4) is 0 Å². The summed E-state index contributed by atoms with van der Waals surface area (Å²) in [7, 11) is 0. The van der Waals surface area contributed by atoms with Crippen molar-refractivity contribution in [1.29, 1.82) is 0 Å². The number of amides is 1. The number of nitrogens with zero attached hydrogens (tertiary/aromatic N) is 1. The van der Waals surface area contributed by atoms with Gasteiger partial charge in [0, 0.05) is 11.6 Å². The minimum Gasteiger partial charge on any atom is -0.492 e. The third-order valence-corrected chi connectivity index (χ3v) is 4.24. The summed E-state index contributed by atoms with van der Waals surface area (Å²) in [6, 6.07) is 8.52. The quantitative estimate of drug-likeness (QED) is 0.327. The molecule has 0 saturated carbocycles. The fourth-order valence-electron chi connectivity index (χ4n) is 2.17. The highest BCUT2D eigenvalue weighted by atomic mass is 32.2. The number of hydrogen-bond donors (Lipinski definition) is 1. The van der Waals surface area contributed by atoms with Crippen LogP contribution in [0.15, 0.2) is 47.4 Å². The van der Waals surface area contributed by atoms with Crippen molar-refractivity contribution in [1.82, 2.24) is 5.32 Å². The van der Waals surface area contributed by atoms with E-state index in [0.29, 0.717) is 4.90 Å². The van der Waals surface area contributed by atoms with Gasteiger partial charge in [0.05, 0.1) is 21.9 Å². The largest absolute Gasteiger partial charge is 0.492 e. The van der Waals surface area contributed by atoms with Crippen molar-refractivity contribution in [3.8, 4) is 5.75 Å². The first-order valence-electron chi connectivity index (χ1n) is 7.63. The Hall–Kier alpha value is -2.75. The van der Waals surface area contributed by atoms with E-state index in [9.17, 15) is 28.1 Å². The number of alkyl halides is 3. The van der Waals surface area contributed by atoms with Gasteiger partial charge in [-0.1, -0.05) is 6.07 Å². The Balaban J connectivity index is 1.92. The average Bonchev–Trinajstić information content (AvgIpc) is 2.64. The zero-order chi connectivity index (χ0) is 20.0. The third-order valence-electron chi connectivity index (χ3n) is 3.46. The standard InChI is InChI=1S/C17H15F3N2O4S/c1-27-15-6-5-11(9-14(15)22(24)25)16(23)21-7-8-26-13-4-2-3-12(10-13)17(18,19)20/h2-6,9-10H,7-8H2,1H3,(H,21,23). The van der Waals surface area contributed by atoms with Gasteiger partial charge in [0.2, 0.25) is 0 Å². The Morgan fingerprint density at radius 1 is 1.26 bits per heavy atom. The molecule has 0 heterocycles. The first-order chi connectivity index (χ1) is 12.7. The van der Waals surface area contributed by atoms with Crippen LogP contribution in [0.4, 0.5) is 18.9 Å². The van der Waals surface area contributed by atoms with E-state index in [4.69, 9.17) is 4.74 Å². The van der Waals surface area contributed by atoms with Gasteiger partial charge in [-0.3, -0.25) is 14.9 Å². The fraction of sp³-hybridized carbons (Fsp3) is 0.235. The predicted octanol–water partition coefficient (Wildman–Crippen LogP) is 4.14. The van der Waals surface area contributed by atoms with Gasteiger partial charge in [-0.15, -0.1) is 11.8 Å². The Morgan fingerprint density at radius 2 is 2.00 bits per heavy atom. The monoisotopic (exact) mass is 400 g/mol. The molecule has 0 atom stereocenters. The Morgan fingerprint density at radius 3 is 2.63 bits per heavy atom. The lowest BCUT2D eigenvalue weighted by atomic mass is 10.2. The molecule has 0 spiro atoms. The molecule has 0 fully saturated rings. The van der Waals surface area contributed by atoms with E-state index in [1.807, 2.05) is 0 Å². The summed E-state index contributed by atoms with van der Waals surface area (Å²) in [6.07, 6.45) is -2.78. The van der Waals surface area contributed by atoms with Gasteiger partial charge < -0.3 is 10.1 Å². The van der Waals surface area contributed by atoms with Crippen LogP contribution in [-0.2, 0) is 6.18 Å². The highest BCUT2D eigenvalue weighted by Gasteiger charge is 2.30. The Labute approximate surface area is 156 Å². The van der Waals surface area contributed by atoms with Crippen LogP contribution in [0.25, 0.3) is 0 Å². The lowest BCUT2D eigenvalue weighted by Crippen LogP contribution is -2.28. The first kappa shape index (κ1) is 20.6. The molecule has 0 aromatic heterocycles. The number of hydrogen-bond acceptors (Lipinski definition) is 5. The van der Waals surface area contributed by atoms with E-state index in [-0.39, 0.29) is 30.2 Å². The van der Waals surface area contributed by atoms with Gasteiger partial charge in [0.15, 0.2) is 0 Å². The number of carbonyl (C=O) groups excluding carboxylic acids is 1. The van der Waals surface area contributed by atoms with E-state index in [2.05, 4.69) is 5.32 Å². The minimum atomic E-state index is -4.47. The molecular formula is C17H15F3N2O4S. The summed E-state index contributed by atoms with van der Waals surface area (Å²) in [6.45, 7) is -0.0365. The van der Waals surface area contributed by atoms with Crippen molar-refractivity contribution in [3.63, 3.8) is 0 Å². The maximum absolute atomic E-state index is 12.6. The lowest BCUT2D eigenvalue weighted by molar-refractivity contribution is -0.387. The molecule has 1 N–H and O–H groups in total. The van der Waals surface area contributed by atoms with Crippen molar-refractivity contribution in [3.05, 3.63) is 63.7 Å². The molecule has 2 aromatic carbocycles. The number of nitrogens with one attached hydrogen (secondary N) is 1. The van der Waals surface area contributed by atoms with Crippen molar-refractivity contribution in [2.24, 2.45) is 0 Å². The van der Waals surface area contributed by atoms with Crippen LogP contribution in [0.1, 0.15) is 15.9 Å². The maximum atomic E-state index is 12.6. The molecule has 0 aliphatic heterocycles. The summed E-state index contributed by atoms with van der Waals surface area (Å²) >= 11 is 1.19. The second-order valence-electron chi connectivity index (χ2n) is 5.27. The zero-order valence-corrected chi connectivity index (χ0v) is 14.9. The molecule has 10 heteroatoms. The molecule has 0 aliphatic carbocycles. The number of benzene rings is 2. The van der Waals surface area contributed by atoms with E-state index in [1.165, 1.54) is 42.1 Å². The molecule has 0 radical (unpaired) electrons. The molecule has 0 unspecified atom stereocenters. The van der Waals surface area contributed by atoms with Crippen LogP contribution >= 0.6 is 11.8 Å². The van der Waals surface area contributed by atoms with Crippen molar-refractivity contribution >= 4 is 23.4 Å². The van der Waals surface area contributed by atoms with Gasteiger partial charge in [0.25, 0.3) is 11.6 Å². The normalized spacial score (nSPS) is 11.1. The maximum Gasteiger partial charge on any atom is 0.416 e. The molecule has 1 amide bonds. The van der Waals surface area contributed by atoms with E-state index in [1.54, 1.807) is 6.26 Å². The second-order valence-corrected chi connectivity index (χ2v) is 6.12. The SMILES string of the molecule is CSc1ccc(C(=O)NCCOc2cccc(C(F)(F)F)c2)cc1[N+](=O)[O-]. The van der Waals surface area contributed by atoms with Crippen LogP contribution in [0.5, 0.6) is 5.75 Å². The minimum absolute atomic E-state index is 0.0210. The lowest BCUT2D eigenvalue weighted by Gasteiger charge is -2.11. The topological polar surface area (TPSA) is 81.5 Å². The van der Waals surface area contributed by atoms with Crippen LogP contribution in [-0.4, -0.2) is 30.2 Å². The number of rotatable bonds is 7. The van der Waals surface area contributed by atoms with Gasteiger partial charge in [-0.25, -0.2) is 0 Å². The van der Waals surface area contributed by atoms with Crippen molar-refractivity contribution in [2.45, 2.75) is 11.1 Å². The third kappa shape index (κ3) is 5.61. The molecule has 6 nitrogen and oxygen atoms in total. The van der Waals surface area contributed by atoms with Crippen LogP contribution in [0.2, 0.25) is 0 Å². The molecular weight excluding hydrogens is 385 g/mol. The van der Waals surface area contributed by atoms with Crippen molar-refractivity contribution in [2.75, 3.05) is 19.4 Å². The number of thioether (sulfide) groups is 1. The molecule has 2 aromatic rings. The highest BCUT2D eigenvalue weighted by Crippen LogP contribution is 2.31. The number of carbonyl (C=O) groups is 1. The predicted molar refractivity (Wildman–Crippen MR) is 94.1 cm³/mol. The van der Waals surface area contributed by atoms with Gasteiger partial charge in [-0.05, 0) is 36.6 Å². The van der Waals surface area contributed by atoms with Crippen LogP contribution in [0, 0.1) is 10.1 Å². The smallest absolute Gasteiger partial charge is 0.416 e. The van der Waals surface area contributed by atoms with Crippen LogP contribution < -0.4 is 10.1 Å². The molecule has 0 aliphatic rings. The van der Waals surface area contributed by atoms with E-state index < -0.39 is 22.6 Å². The van der Waals surface area contributed by atoms with Gasteiger partial charge in [0.1, 0.15) is 12.4 Å². The Bertz CT molecular complexity index is 843. The Kier molecular flexibility index (Phi) is 6.67. The summed E-state index contributed by atoms with van der Waals surface area (Å²) < 4.78 is 43.1. The number of nitro groups is 1. The van der Waals surface area contributed by atoms with E-state index >= 15 is 0 Å². The van der Waals surface area contributed by atoms with Crippen molar-refractivity contribution < 1.29 is 27.6 Å². The number of halogens is 3. The average molecular weight is 400 g/mol. The molecule has 0 saturated heterocycles. The highest BCUT2D eigenvalue weighted by molar-refractivity contribution is 7.98.